The van der Waals surface area contributed by atoms with E-state index in [1.54, 1.807) is 29.4 Å². The number of nitrogens with two attached hydrogens (primary N) is 1. The van der Waals surface area contributed by atoms with Crippen LogP contribution in [-0.4, -0.2) is 124 Å². The first-order valence-electron chi connectivity index (χ1n) is 28.0. The Balaban J connectivity index is 0.840. The predicted octanol–water partition coefficient (Wildman–Crippen LogP) is 8.98. The standard InChI is InChI=1S/C60H69F3N12O6/c1-32(2)54(58(78)73-21-7-8-48(73)57(77)67-47(29-76)40-17-15-37(16-18-40)43-19-20-65-25-34(43)4)75-28-46(71-72-75)39-11-9-36(10-12-39)31-80-55-50(53-51(60(61,62)63)33(3)22-49(64)68-53)44(38-13-14-38)24-45-52(55)69-59(81-30-35(5)79-6)70-56(45)74-27-41-23-42(74)26-66-41/h9-12,15-20,22,24-25,32,35,38,41-42,46-48,54,66,76H,7-8,13-14,21,23,26-31H2,1-6H3,(H2,64,68)(H,67,77)/t35-,41?,42?,46?,47?,48?,54?/m0/s1. The van der Waals surface area contributed by atoms with Crippen LogP contribution < -0.4 is 30.7 Å². The van der Waals surface area contributed by atoms with Crippen molar-refractivity contribution in [3.05, 3.63) is 118 Å². The van der Waals surface area contributed by atoms with Gasteiger partial charge in [-0.2, -0.15) is 28.3 Å². The monoisotopic (exact) mass is 1110 g/mol. The smallest absolute Gasteiger partial charge is 0.418 e. The molecule has 1 saturated carbocycles. The van der Waals surface area contributed by atoms with Crippen molar-refractivity contribution < 1.29 is 42.1 Å². The fraction of sp³-hybridized carbons (Fsp3) is 0.467. The number of carbonyl (C=O) groups excluding carboxylic acids is 2. The van der Waals surface area contributed by atoms with Crippen LogP contribution in [0, 0.1) is 19.8 Å². The van der Waals surface area contributed by atoms with Crippen molar-refractivity contribution in [1.29, 1.82) is 0 Å². The summed E-state index contributed by atoms with van der Waals surface area (Å²) < 4.78 is 64.5. The van der Waals surface area contributed by atoms with Crippen LogP contribution in [-0.2, 0) is 27.1 Å². The summed E-state index contributed by atoms with van der Waals surface area (Å²) in [6, 6.07) is 18.3. The zero-order chi connectivity index (χ0) is 56.9. The molecule has 18 nitrogen and oxygen atoms in total. The average Bonchev–Trinajstić information content (AvgIpc) is 3.95. The highest BCUT2D eigenvalue weighted by molar-refractivity contribution is 6.01. The molecule has 7 heterocycles. The van der Waals surface area contributed by atoms with Gasteiger partial charge in [-0.3, -0.25) is 19.6 Å². The SMILES string of the molecule is CO[C@@H](C)COc1nc(N2CC3CC2CN3)c2cc(C3CC3)c(-c3nc(N)cc(C)c3C(F)(F)F)c(OCc3ccc(C4CN(C(C(=O)N5CCCC5C(=O)NC(CO)c5ccc(-c6ccncc6C)cc5)C(C)C)N=N4)cc3)c2n1. The first-order chi connectivity index (χ1) is 39.0. The van der Waals surface area contributed by atoms with Crippen molar-refractivity contribution in [1.82, 2.24) is 40.5 Å². The highest BCUT2D eigenvalue weighted by Gasteiger charge is 2.45. The number of methoxy groups -OCH3 is 1. The lowest BCUT2D eigenvalue weighted by Crippen LogP contribution is -2.54. The first-order valence-corrected chi connectivity index (χ1v) is 28.0. The Hall–Kier alpha value is -7.49. The van der Waals surface area contributed by atoms with Crippen molar-refractivity contribution in [3.8, 4) is 34.1 Å². The van der Waals surface area contributed by atoms with Gasteiger partial charge in [-0.15, -0.1) is 0 Å². The average molecular weight is 1110 g/mol. The molecule has 5 aliphatic rings. The van der Waals surface area contributed by atoms with E-state index in [4.69, 9.17) is 29.9 Å². The molecule has 3 saturated heterocycles. The second kappa shape index (κ2) is 22.8. The third-order valence-corrected chi connectivity index (χ3v) is 16.5. The van der Waals surface area contributed by atoms with Crippen molar-refractivity contribution in [2.75, 3.05) is 57.1 Å². The third kappa shape index (κ3) is 11.3. The Labute approximate surface area is 468 Å². The van der Waals surface area contributed by atoms with Crippen LogP contribution in [0.3, 0.4) is 0 Å². The van der Waals surface area contributed by atoms with E-state index in [1.165, 1.54) is 13.0 Å². The summed E-state index contributed by atoms with van der Waals surface area (Å²) in [5.41, 5.74) is 11.5. The molecule has 1 aliphatic carbocycles. The Morgan fingerprint density at radius 2 is 1.73 bits per heavy atom. The van der Waals surface area contributed by atoms with E-state index in [1.807, 2.05) is 88.4 Å². The fourth-order valence-electron chi connectivity index (χ4n) is 12.1. The number of pyridine rings is 2. The fourth-order valence-corrected chi connectivity index (χ4v) is 12.1. The zero-order valence-electron chi connectivity index (χ0n) is 46.4. The first kappa shape index (κ1) is 55.4. The van der Waals surface area contributed by atoms with Crippen LogP contribution >= 0.6 is 0 Å². The molecule has 426 valence electrons. The summed E-state index contributed by atoms with van der Waals surface area (Å²) in [5, 5.41) is 28.5. The Kier molecular flexibility index (Phi) is 15.6. The quantitative estimate of drug-likeness (QED) is 0.0595. The number of amides is 2. The number of aryl methyl sites for hydroxylation is 2. The van der Waals surface area contributed by atoms with E-state index in [0.29, 0.717) is 54.8 Å². The van der Waals surface area contributed by atoms with Gasteiger partial charge in [-0.25, -0.2) is 4.98 Å². The minimum atomic E-state index is -4.78. The maximum Gasteiger partial charge on any atom is 0.418 e. The summed E-state index contributed by atoms with van der Waals surface area (Å²) in [6.07, 6.45) is 2.04. The van der Waals surface area contributed by atoms with Crippen LogP contribution in [0.25, 0.3) is 33.3 Å². The molecule has 6 aromatic rings. The van der Waals surface area contributed by atoms with Gasteiger partial charge in [0.1, 0.15) is 48.5 Å². The molecule has 21 heteroatoms. The lowest BCUT2D eigenvalue weighted by Gasteiger charge is -2.34. The number of benzene rings is 3. The number of nitrogens with one attached hydrogen (secondary N) is 2. The van der Waals surface area contributed by atoms with Crippen LogP contribution in [0.5, 0.6) is 11.8 Å². The number of aromatic nitrogens is 4. The lowest BCUT2D eigenvalue weighted by atomic mass is 9.92. The number of carbonyl (C=O) groups is 2. The summed E-state index contributed by atoms with van der Waals surface area (Å²) in [4.78, 5) is 51.0. The topological polar surface area (TPSA) is 218 Å². The molecule has 7 atom stereocenters. The van der Waals surface area contributed by atoms with Gasteiger partial charge >= 0.3 is 12.2 Å². The van der Waals surface area contributed by atoms with E-state index in [9.17, 15) is 14.7 Å². The number of likely N-dealkylation sites (tertiary alicyclic amines) is 1. The van der Waals surface area contributed by atoms with E-state index >= 15 is 13.2 Å². The minimum absolute atomic E-state index is 0.0398. The number of fused-ring (bicyclic) bond motifs is 3. The molecular weight excluding hydrogens is 1040 g/mol. The van der Waals surface area contributed by atoms with Gasteiger partial charge in [0.25, 0.3) is 0 Å². The van der Waals surface area contributed by atoms with Gasteiger partial charge in [-0.1, -0.05) is 67.6 Å². The Morgan fingerprint density at radius 1 is 0.951 bits per heavy atom. The third-order valence-electron chi connectivity index (χ3n) is 16.5. The largest absolute Gasteiger partial charge is 0.486 e. The summed E-state index contributed by atoms with van der Waals surface area (Å²) in [6.45, 7) is 11.0. The number of rotatable bonds is 19. The van der Waals surface area contributed by atoms with Gasteiger partial charge < -0.3 is 45.5 Å². The minimum Gasteiger partial charge on any atom is -0.486 e. The van der Waals surface area contributed by atoms with E-state index in [2.05, 4.69) is 35.8 Å². The van der Waals surface area contributed by atoms with Gasteiger partial charge in [0.15, 0.2) is 5.75 Å². The normalized spacial score (nSPS) is 20.9. The van der Waals surface area contributed by atoms with Gasteiger partial charge in [0.2, 0.25) is 11.8 Å². The van der Waals surface area contributed by atoms with Crippen molar-refractivity contribution in [2.45, 2.75) is 128 Å². The van der Waals surface area contributed by atoms with E-state index < -0.39 is 35.9 Å². The number of nitrogens with zero attached hydrogens (tertiary/aromatic N) is 9. The molecule has 3 aromatic carbocycles. The summed E-state index contributed by atoms with van der Waals surface area (Å²) in [5.74, 6) is -0.124. The van der Waals surface area contributed by atoms with E-state index in [0.717, 1.165) is 53.6 Å². The second-order valence-electron chi connectivity index (χ2n) is 22.6. The second-order valence-corrected chi connectivity index (χ2v) is 22.6. The molecule has 81 heavy (non-hydrogen) atoms. The number of alkyl halides is 3. The number of aliphatic hydroxyl groups is 1. The van der Waals surface area contributed by atoms with E-state index in [-0.39, 0.29) is 102 Å². The molecule has 11 rings (SSSR count). The molecule has 4 fully saturated rings. The van der Waals surface area contributed by atoms with Crippen molar-refractivity contribution >= 4 is 34.4 Å². The molecule has 6 unspecified atom stereocenters. The number of ether oxygens (including phenoxy) is 3. The highest BCUT2D eigenvalue weighted by Crippen LogP contribution is 2.54. The number of hydrogen-bond donors (Lipinski definition) is 4. The van der Waals surface area contributed by atoms with Crippen LogP contribution in [0.2, 0.25) is 0 Å². The zero-order valence-corrected chi connectivity index (χ0v) is 46.4. The van der Waals surface area contributed by atoms with Crippen LogP contribution in [0.4, 0.5) is 24.8 Å². The number of aliphatic hydroxyl groups excluding tert-OH is 1. The van der Waals surface area contributed by atoms with Gasteiger partial charge in [0, 0.05) is 62.2 Å². The molecule has 0 radical (unpaired) electrons. The number of piperazine rings is 1. The molecular formula is C60H69F3N12O6. The van der Waals surface area contributed by atoms with Crippen molar-refractivity contribution in [2.24, 2.45) is 16.3 Å². The molecule has 2 bridgehead atoms. The predicted molar refractivity (Wildman–Crippen MR) is 299 cm³/mol. The number of anilines is 2. The Bertz CT molecular complexity index is 3340. The number of nitrogen functional groups attached to an aromatic ring is 1. The highest BCUT2D eigenvalue weighted by atomic mass is 19.4. The molecule has 4 aliphatic heterocycles. The molecule has 3 aromatic heterocycles. The van der Waals surface area contributed by atoms with Gasteiger partial charge in [-0.05, 0) is 127 Å². The lowest BCUT2D eigenvalue weighted by molar-refractivity contribution is -0.144. The summed E-state index contributed by atoms with van der Waals surface area (Å²) in [7, 11) is 1.58. The van der Waals surface area contributed by atoms with Crippen LogP contribution in [0.15, 0.2) is 89.5 Å². The molecule has 2 amide bonds. The number of hydrogen-bond acceptors (Lipinski definition) is 16. The molecule has 5 N–H and O–H groups in total. The maximum absolute atomic E-state index is 15.3. The maximum atomic E-state index is 15.3. The Morgan fingerprint density at radius 3 is 2.40 bits per heavy atom. The van der Waals surface area contributed by atoms with Gasteiger partial charge in [0.05, 0.1) is 36.6 Å². The molecule has 0 spiro atoms. The number of halogens is 3. The summed E-state index contributed by atoms with van der Waals surface area (Å²) >= 11 is 0. The van der Waals surface area contributed by atoms with Crippen molar-refractivity contribution in [3.63, 3.8) is 0 Å². The van der Waals surface area contributed by atoms with Crippen LogP contribution in [0.1, 0.15) is 110 Å².